The van der Waals surface area contributed by atoms with Gasteiger partial charge in [-0.3, -0.25) is 14.6 Å². The summed E-state index contributed by atoms with van der Waals surface area (Å²) in [6.07, 6.45) is -0.132. The Morgan fingerprint density at radius 1 is 1.07 bits per heavy atom. The van der Waals surface area contributed by atoms with Crippen LogP contribution in [-0.4, -0.2) is 102 Å². The van der Waals surface area contributed by atoms with Crippen LogP contribution in [0.15, 0.2) is 4.99 Å². The summed E-state index contributed by atoms with van der Waals surface area (Å²) in [6.45, 7) is 0.845. The molecule has 3 atom stereocenters. The number of nitrogens with zero attached hydrogens (tertiary/aromatic N) is 2. The third-order valence-electron chi connectivity index (χ3n) is 2.96. The van der Waals surface area contributed by atoms with Crippen LogP contribution in [0.1, 0.15) is 19.3 Å². The second-order valence-electron chi connectivity index (χ2n) is 7.22. The monoisotopic (exact) mass is 456 g/mol. The first-order valence-corrected chi connectivity index (χ1v) is 9.48. The second-order valence-corrected chi connectivity index (χ2v) is 7.59. The standard InChI is InChI=1S/C7H15NO3.C6H14N4O2.C3H7NO2S/c1-8(2,3)5-6(9)4-7(10)11;7-4(5(11)12)2-1-3-10-6(8)9;4-2(1-7)3(5)6/h6,9H,4-5H2,1-3H3;4H,1-3,7H2,(H,11,12)(H4,8,9,10);2,7H,1,4H2,(H,5,6)/t6-;4-;2-/m100/s1. The Balaban J connectivity index is -0.000000378. The summed E-state index contributed by atoms with van der Waals surface area (Å²) in [5.74, 6) is -3.01. The van der Waals surface area contributed by atoms with Crippen LogP contribution in [-0.2, 0) is 14.4 Å². The molecule has 0 unspecified atom stereocenters. The molecule has 0 aliphatic carbocycles. The molecule has 0 amide bonds. The lowest BCUT2D eigenvalue weighted by Crippen LogP contribution is -2.43. The lowest BCUT2D eigenvalue weighted by Gasteiger charge is -2.26. The Bertz CT molecular complexity index is 539. The van der Waals surface area contributed by atoms with Crippen molar-refractivity contribution in [2.24, 2.45) is 27.9 Å². The van der Waals surface area contributed by atoms with Crippen molar-refractivity contribution in [3.05, 3.63) is 0 Å². The van der Waals surface area contributed by atoms with Crippen molar-refractivity contribution in [3.8, 4) is 0 Å². The summed E-state index contributed by atoms with van der Waals surface area (Å²) in [5, 5.41) is 35.5. The van der Waals surface area contributed by atoms with Gasteiger partial charge in [0.2, 0.25) is 0 Å². The average Bonchev–Trinajstić information content (AvgIpc) is 2.56. The third-order valence-corrected chi connectivity index (χ3v) is 3.35. The number of rotatable bonds is 11. The van der Waals surface area contributed by atoms with E-state index in [1.165, 1.54) is 0 Å². The molecule has 30 heavy (non-hydrogen) atoms. The highest BCUT2D eigenvalue weighted by Crippen LogP contribution is 1.97. The fourth-order valence-corrected chi connectivity index (χ4v) is 1.77. The molecule has 0 aromatic rings. The average molecular weight is 457 g/mol. The number of carboxylic acids is 3. The van der Waals surface area contributed by atoms with Gasteiger partial charge in [0, 0.05) is 24.7 Å². The topological polar surface area (TPSA) is 251 Å². The van der Waals surface area contributed by atoms with Crippen LogP contribution in [0.4, 0.5) is 0 Å². The van der Waals surface area contributed by atoms with Crippen LogP contribution in [0.25, 0.3) is 0 Å². The number of carbonyl (C=O) groups excluding carboxylic acids is 1. The smallest absolute Gasteiger partial charge is 0.321 e. The third kappa shape index (κ3) is 28.1. The van der Waals surface area contributed by atoms with E-state index in [9.17, 15) is 19.5 Å². The first-order chi connectivity index (χ1) is 13.5. The highest BCUT2D eigenvalue weighted by Gasteiger charge is 2.15. The quantitative estimate of drug-likeness (QED) is 0.0488. The fraction of sp³-hybridized carbons (Fsp3) is 0.750. The van der Waals surface area contributed by atoms with E-state index in [-0.39, 0.29) is 18.1 Å². The van der Waals surface area contributed by atoms with Gasteiger partial charge in [0.15, 0.2) is 5.96 Å². The largest absolute Gasteiger partial charge is 0.550 e. The van der Waals surface area contributed by atoms with Crippen LogP contribution >= 0.6 is 12.6 Å². The number of guanidine groups is 1. The van der Waals surface area contributed by atoms with Crippen LogP contribution in [0, 0.1) is 0 Å². The molecule has 0 bridgehead atoms. The van der Waals surface area contributed by atoms with Gasteiger partial charge in [-0.15, -0.1) is 0 Å². The maximum Gasteiger partial charge on any atom is 0.321 e. The Morgan fingerprint density at radius 2 is 1.53 bits per heavy atom. The van der Waals surface area contributed by atoms with E-state index in [1.807, 2.05) is 21.1 Å². The van der Waals surface area contributed by atoms with Gasteiger partial charge in [0.05, 0.1) is 21.1 Å². The lowest BCUT2D eigenvalue weighted by molar-refractivity contribution is -0.873. The molecular formula is C16H36N6O7S. The number of likely N-dealkylation sites (N-methyl/N-ethyl adjacent to an activating group) is 1. The molecule has 0 saturated carbocycles. The summed E-state index contributed by atoms with van der Waals surface area (Å²) in [4.78, 5) is 33.7. The van der Waals surface area contributed by atoms with Gasteiger partial charge in [-0.25, -0.2) is 0 Å². The zero-order chi connectivity index (χ0) is 24.5. The van der Waals surface area contributed by atoms with E-state index in [2.05, 4.69) is 17.6 Å². The molecule has 14 heteroatoms. The Labute approximate surface area is 181 Å². The second kappa shape index (κ2) is 17.7. The molecule has 0 radical (unpaired) electrons. The molecule has 0 aliphatic heterocycles. The van der Waals surface area contributed by atoms with Gasteiger partial charge >= 0.3 is 11.9 Å². The van der Waals surface area contributed by atoms with E-state index in [0.717, 1.165) is 0 Å². The van der Waals surface area contributed by atoms with Crippen LogP contribution in [0.5, 0.6) is 0 Å². The normalized spacial score (nSPS) is 13.3. The van der Waals surface area contributed by atoms with Crippen molar-refractivity contribution >= 4 is 36.5 Å². The molecule has 0 saturated heterocycles. The minimum absolute atomic E-state index is 0.0129. The number of hydrogen-bond donors (Lipinski definition) is 8. The van der Waals surface area contributed by atoms with Crippen molar-refractivity contribution in [2.45, 2.75) is 37.5 Å². The summed E-state index contributed by atoms with van der Waals surface area (Å²) in [7, 11) is 5.66. The van der Waals surface area contributed by atoms with E-state index in [4.69, 9.17) is 38.3 Å². The van der Waals surface area contributed by atoms with Gasteiger partial charge in [-0.2, -0.15) is 12.6 Å². The van der Waals surface area contributed by atoms with Crippen LogP contribution < -0.4 is 28.0 Å². The molecule has 0 fully saturated rings. The summed E-state index contributed by atoms with van der Waals surface area (Å²) in [6, 6.07) is -1.64. The van der Waals surface area contributed by atoms with Gasteiger partial charge in [0.25, 0.3) is 0 Å². The van der Waals surface area contributed by atoms with E-state index in [0.29, 0.717) is 30.4 Å². The van der Waals surface area contributed by atoms with Crippen molar-refractivity contribution < 1.29 is 39.3 Å². The number of aliphatic imine (C=N–C) groups is 1. The molecule has 0 heterocycles. The van der Waals surface area contributed by atoms with Crippen LogP contribution in [0.2, 0.25) is 0 Å². The van der Waals surface area contributed by atoms with Gasteiger partial charge in [0.1, 0.15) is 24.7 Å². The molecule has 11 N–H and O–H groups in total. The van der Waals surface area contributed by atoms with Gasteiger partial charge in [-0.05, 0) is 12.8 Å². The number of aliphatic hydroxyl groups excluding tert-OH is 1. The molecule has 0 aromatic carbocycles. The number of aliphatic hydroxyl groups is 1. The first kappa shape index (κ1) is 32.5. The minimum Gasteiger partial charge on any atom is -0.550 e. The van der Waals surface area contributed by atoms with Crippen molar-refractivity contribution in [3.63, 3.8) is 0 Å². The molecule has 0 spiro atoms. The highest BCUT2D eigenvalue weighted by atomic mass is 32.1. The first-order valence-electron chi connectivity index (χ1n) is 8.84. The number of carboxylic acid groups (broad SMARTS) is 3. The molecule has 178 valence electrons. The van der Waals surface area contributed by atoms with Crippen LogP contribution in [0.3, 0.4) is 0 Å². The van der Waals surface area contributed by atoms with Crippen molar-refractivity contribution in [2.75, 3.05) is 40.0 Å². The number of nitrogens with two attached hydrogens (primary N) is 4. The summed E-state index contributed by atoms with van der Waals surface area (Å²) in [5.41, 5.74) is 20.3. The minimum atomic E-state index is -1.20. The summed E-state index contributed by atoms with van der Waals surface area (Å²) < 4.78 is 0.550. The van der Waals surface area contributed by atoms with E-state index >= 15 is 0 Å². The number of carbonyl (C=O) groups is 3. The zero-order valence-electron chi connectivity index (χ0n) is 17.6. The lowest BCUT2D eigenvalue weighted by atomic mass is 10.2. The summed E-state index contributed by atoms with van der Waals surface area (Å²) >= 11 is 3.65. The molecule has 0 aliphatic rings. The van der Waals surface area contributed by atoms with Gasteiger partial charge < -0.3 is 52.6 Å². The van der Waals surface area contributed by atoms with E-state index in [1.54, 1.807) is 0 Å². The van der Waals surface area contributed by atoms with Gasteiger partial charge in [-0.1, -0.05) is 0 Å². The molecule has 0 rings (SSSR count). The SMILES string of the molecule is C[N+](C)(C)C[C@H](O)CC(=O)[O-].NC(N)=NCCC[C@H](N)C(=O)O.N[C@@H](CS)C(=O)O. The molecule has 0 aromatic heterocycles. The number of quaternary nitrogens is 1. The number of hydrogen-bond acceptors (Lipinski definition) is 9. The number of thiol groups is 1. The maximum atomic E-state index is 10.2. The number of aliphatic carboxylic acids is 3. The maximum absolute atomic E-state index is 10.2. The fourth-order valence-electron chi connectivity index (χ4n) is 1.61. The van der Waals surface area contributed by atoms with Crippen molar-refractivity contribution in [1.82, 2.24) is 0 Å². The zero-order valence-corrected chi connectivity index (χ0v) is 18.5. The Hall–Kier alpha value is -2.13. The highest BCUT2D eigenvalue weighted by molar-refractivity contribution is 7.80. The molecular weight excluding hydrogens is 420 g/mol. The Kier molecular flexibility index (Phi) is 19.2. The van der Waals surface area contributed by atoms with Crippen molar-refractivity contribution in [1.29, 1.82) is 0 Å². The predicted molar refractivity (Wildman–Crippen MR) is 114 cm³/mol. The predicted octanol–water partition coefficient (Wildman–Crippen LogP) is -4.03. The van der Waals surface area contributed by atoms with E-state index < -0.39 is 36.1 Å². The Morgan fingerprint density at radius 3 is 1.80 bits per heavy atom. The molecule has 13 nitrogen and oxygen atoms in total.